The van der Waals surface area contributed by atoms with Gasteiger partial charge in [-0.3, -0.25) is 9.59 Å². The van der Waals surface area contributed by atoms with Crippen molar-refractivity contribution in [3.63, 3.8) is 0 Å². The normalized spacial score (nSPS) is 28.1. The Hall–Kier alpha value is -3.73. The van der Waals surface area contributed by atoms with Crippen molar-refractivity contribution in [2.75, 3.05) is 4.90 Å². The predicted octanol–water partition coefficient (Wildman–Crippen LogP) is 5.00. The van der Waals surface area contributed by atoms with Crippen LogP contribution in [0.15, 0.2) is 72.8 Å². The van der Waals surface area contributed by atoms with Gasteiger partial charge in [-0.1, -0.05) is 68.4 Å². The Morgan fingerprint density at radius 3 is 1.66 bits per heavy atom. The van der Waals surface area contributed by atoms with Gasteiger partial charge in [0.1, 0.15) is 0 Å². The van der Waals surface area contributed by atoms with Crippen LogP contribution >= 0.6 is 0 Å². The fourth-order valence-corrected chi connectivity index (χ4v) is 6.88. The van der Waals surface area contributed by atoms with Crippen molar-refractivity contribution in [1.82, 2.24) is 0 Å². The van der Waals surface area contributed by atoms with Gasteiger partial charge >= 0.3 is 5.97 Å². The summed E-state index contributed by atoms with van der Waals surface area (Å²) in [6, 6.07) is 23.1. The molecule has 3 aromatic carbocycles. The molecule has 35 heavy (non-hydrogen) atoms. The number of amides is 2. The zero-order valence-electron chi connectivity index (χ0n) is 20.2. The Morgan fingerprint density at radius 2 is 1.23 bits per heavy atom. The second kappa shape index (κ2) is 7.14. The summed E-state index contributed by atoms with van der Waals surface area (Å²) in [6.07, 6.45) is -0.267. The molecular weight excluding hydrogens is 438 g/mol. The maximum Gasteiger partial charge on any atom is 0.338 e. The summed E-state index contributed by atoms with van der Waals surface area (Å²) in [5.41, 5.74) is 3.90. The van der Waals surface area contributed by atoms with Gasteiger partial charge in [0.2, 0.25) is 11.8 Å². The van der Waals surface area contributed by atoms with E-state index < -0.39 is 28.6 Å². The second-order valence-corrected chi connectivity index (χ2v) is 10.5. The summed E-state index contributed by atoms with van der Waals surface area (Å²) in [7, 11) is 0. The van der Waals surface area contributed by atoms with E-state index in [-0.39, 0.29) is 17.9 Å². The number of nitrogens with zero attached hydrogens (tertiary/aromatic N) is 1. The molecule has 1 heterocycles. The fraction of sp³-hybridized carbons (Fsp3) is 0.300. The molecule has 5 nitrogen and oxygen atoms in total. The highest BCUT2D eigenvalue weighted by Gasteiger charge is 2.70. The summed E-state index contributed by atoms with van der Waals surface area (Å²) < 4.78 is 5.34. The van der Waals surface area contributed by atoms with Crippen molar-refractivity contribution in [1.29, 1.82) is 0 Å². The summed E-state index contributed by atoms with van der Waals surface area (Å²) in [4.78, 5) is 42.2. The third kappa shape index (κ3) is 2.61. The van der Waals surface area contributed by atoms with Crippen LogP contribution in [0.5, 0.6) is 0 Å². The quantitative estimate of drug-likeness (QED) is 0.404. The lowest BCUT2D eigenvalue weighted by Crippen LogP contribution is -2.59. The Kier molecular flexibility index (Phi) is 4.44. The number of esters is 1. The largest absolute Gasteiger partial charge is 0.459 e. The number of benzene rings is 3. The first-order valence-electron chi connectivity index (χ1n) is 12.1. The lowest BCUT2D eigenvalue weighted by atomic mass is 9.42. The predicted molar refractivity (Wildman–Crippen MR) is 132 cm³/mol. The van der Waals surface area contributed by atoms with Gasteiger partial charge in [0.05, 0.1) is 29.2 Å². The number of ether oxygens (including phenoxy) is 1. The third-order valence-electron chi connectivity index (χ3n) is 8.33. The van der Waals surface area contributed by atoms with E-state index in [1.54, 1.807) is 38.1 Å². The Balaban J connectivity index is 1.53. The monoisotopic (exact) mass is 465 g/mol. The number of rotatable bonds is 3. The molecule has 4 aliphatic rings. The Morgan fingerprint density at radius 1 is 0.771 bits per heavy atom. The zero-order valence-corrected chi connectivity index (χ0v) is 20.2. The average molecular weight is 466 g/mol. The highest BCUT2D eigenvalue weighted by Crippen LogP contribution is 2.66. The van der Waals surface area contributed by atoms with E-state index in [1.807, 2.05) is 24.3 Å². The topological polar surface area (TPSA) is 63.7 Å². The van der Waals surface area contributed by atoms with E-state index in [2.05, 4.69) is 38.1 Å². The van der Waals surface area contributed by atoms with Gasteiger partial charge in [0, 0.05) is 10.8 Å². The van der Waals surface area contributed by atoms with Crippen LogP contribution in [0, 0.1) is 11.8 Å². The van der Waals surface area contributed by atoms with Crippen molar-refractivity contribution in [3.05, 3.63) is 101 Å². The summed E-state index contributed by atoms with van der Waals surface area (Å²) >= 11 is 0. The van der Waals surface area contributed by atoms with Crippen molar-refractivity contribution in [2.24, 2.45) is 11.8 Å². The smallest absolute Gasteiger partial charge is 0.338 e. The zero-order chi connectivity index (χ0) is 24.7. The molecule has 1 aliphatic heterocycles. The van der Waals surface area contributed by atoms with Gasteiger partial charge < -0.3 is 4.74 Å². The third-order valence-corrected chi connectivity index (χ3v) is 8.33. The van der Waals surface area contributed by atoms with Crippen molar-refractivity contribution >= 4 is 23.5 Å². The van der Waals surface area contributed by atoms with Crippen LogP contribution in [0.3, 0.4) is 0 Å². The first kappa shape index (κ1) is 21.8. The van der Waals surface area contributed by atoms with Crippen LogP contribution in [0.2, 0.25) is 0 Å². The van der Waals surface area contributed by atoms with Crippen LogP contribution in [-0.2, 0) is 25.2 Å². The molecule has 0 spiro atoms. The van der Waals surface area contributed by atoms with Crippen LogP contribution in [0.1, 0.15) is 60.3 Å². The molecule has 0 N–H and O–H groups in total. The van der Waals surface area contributed by atoms with E-state index in [9.17, 15) is 14.4 Å². The molecule has 2 amide bonds. The maximum absolute atomic E-state index is 14.2. The van der Waals surface area contributed by atoms with Gasteiger partial charge in [-0.25, -0.2) is 9.69 Å². The second-order valence-electron chi connectivity index (χ2n) is 10.5. The van der Waals surface area contributed by atoms with Crippen LogP contribution in [-0.4, -0.2) is 23.9 Å². The molecule has 3 aromatic rings. The van der Waals surface area contributed by atoms with E-state index in [0.29, 0.717) is 11.3 Å². The van der Waals surface area contributed by atoms with Gasteiger partial charge in [-0.15, -0.1) is 0 Å². The molecule has 0 saturated carbocycles. The van der Waals surface area contributed by atoms with E-state index in [4.69, 9.17) is 4.74 Å². The van der Waals surface area contributed by atoms with Crippen LogP contribution in [0.25, 0.3) is 0 Å². The summed E-state index contributed by atoms with van der Waals surface area (Å²) in [5.74, 6) is -1.97. The SMILES string of the molecule is CC(C)OC(=O)c1cccc(N2C(=O)[C@H]3[C@H](C2=O)C2(C)c4ccccc4C3(C)c3ccccc32)c1. The molecule has 0 unspecified atom stereocenters. The van der Waals surface area contributed by atoms with Crippen molar-refractivity contribution in [2.45, 2.75) is 44.6 Å². The maximum atomic E-state index is 14.2. The number of hydrogen-bond acceptors (Lipinski definition) is 4. The standard InChI is InChI=1S/C30H27NO4/c1-17(2)35-28(34)18-10-9-11-19(16-18)31-26(32)24-25(27(31)33)30(4)22-14-7-5-12-20(22)29(24,3)21-13-6-8-15-23(21)30/h5-17,24-25H,1-4H3/t24-,25-,29?,30?/m1/s1. The minimum atomic E-state index is -0.634. The van der Waals surface area contributed by atoms with Crippen molar-refractivity contribution in [3.8, 4) is 0 Å². The minimum Gasteiger partial charge on any atom is -0.459 e. The Bertz CT molecular complexity index is 1300. The van der Waals surface area contributed by atoms with Gasteiger partial charge in [0.15, 0.2) is 0 Å². The number of hydrogen-bond donors (Lipinski definition) is 0. The molecule has 1 saturated heterocycles. The fourth-order valence-electron chi connectivity index (χ4n) is 6.88. The van der Waals surface area contributed by atoms with Gasteiger partial charge in [-0.05, 0) is 54.3 Å². The van der Waals surface area contributed by atoms with Crippen LogP contribution < -0.4 is 4.90 Å². The number of anilines is 1. The summed E-state index contributed by atoms with van der Waals surface area (Å²) in [6.45, 7) is 7.78. The minimum absolute atomic E-state index is 0.216. The molecule has 2 atom stereocenters. The lowest BCUT2D eigenvalue weighted by molar-refractivity contribution is -0.124. The summed E-state index contributed by atoms with van der Waals surface area (Å²) in [5, 5.41) is 0. The van der Waals surface area contributed by atoms with Gasteiger partial charge in [0.25, 0.3) is 0 Å². The molecular formula is C30H27NO4. The first-order chi connectivity index (χ1) is 16.7. The molecule has 0 aromatic heterocycles. The van der Waals surface area contributed by atoms with Crippen molar-refractivity contribution < 1.29 is 19.1 Å². The van der Waals surface area contributed by atoms with Crippen LogP contribution in [0.4, 0.5) is 5.69 Å². The van der Waals surface area contributed by atoms with E-state index >= 15 is 0 Å². The highest BCUT2D eigenvalue weighted by molar-refractivity contribution is 6.24. The Labute approximate surface area is 204 Å². The number of carbonyl (C=O) groups excluding carboxylic acids is 3. The molecule has 5 heteroatoms. The number of carbonyl (C=O) groups is 3. The van der Waals surface area contributed by atoms with E-state index in [1.165, 1.54) is 4.90 Å². The molecule has 1 fully saturated rings. The molecule has 0 radical (unpaired) electrons. The average Bonchev–Trinajstić information content (AvgIpc) is 3.13. The first-order valence-corrected chi connectivity index (χ1v) is 12.1. The number of imide groups is 1. The molecule has 3 aliphatic carbocycles. The molecule has 2 bridgehead atoms. The highest BCUT2D eigenvalue weighted by atomic mass is 16.5. The van der Waals surface area contributed by atoms with E-state index in [0.717, 1.165) is 22.3 Å². The molecule has 7 rings (SSSR count). The van der Waals surface area contributed by atoms with Gasteiger partial charge in [-0.2, -0.15) is 0 Å². The molecule has 176 valence electrons. The lowest BCUT2D eigenvalue weighted by Gasteiger charge is -2.57.